The molecule has 2 aromatic rings. The van der Waals surface area contributed by atoms with Crippen LogP contribution in [0.1, 0.15) is 18.7 Å². The molecule has 16 heavy (non-hydrogen) atoms. The Morgan fingerprint density at radius 2 is 2.06 bits per heavy atom. The number of hydrogen-bond donors (Lipinski definition) is 2. The van der Waals surface area contributed by atoms with Crippen LogP contribution in [0.5, 0.6) is 0 Å². The molecular weight excluding hydrogens is 333 g/mol. The van der Waals surface area contributed by atoms with E-state index in [-0.39, 0.29) is 6.04 Å². The van der Waals surface area contributed by atoms with E-state index in [1.807, 2.05) is 24.4 Å². The van der Waals surface area contributed by atoms with E-state index in [9.17, 15) is 0 Å². The third kappa shape index (κ3) is 2.93. The summed E-state index contributed by atoms with van der Waals surface area (Å²) < 4.78 is 1.22. The van der Waals surface area contributed by atoms with Crippen LogP contribution in [0.3, 0.4) is 0 Å². The molecule has 3 nitrogen and oxygen atoms in total. The van der Waals surface area contributed by atoms with Gasteiger partial charge in [0.05, 0.1) is 5.69 Å². The number of anilines is 2. The van der Waals surface area contributed by atoms with Crippen molar-refractivity contribution in [3.05, 3.63) is 38.9 Å². The number of nitrogens with one attached hydrogen (secondary N) is 1. The highest BCUT2D eigenvalue weighted by molar-refractivity contribution is 14.1. The summed E-state index contributed by atoms with van der Waals surface area (Å²) in [5.74, 6) is 0. The third-order valence-electron chi connectivity index (χ3n) is 2.08. The average Bonchev–Trinajstić information content (AvgIpc) is 2.70. The maximum Gasteiger partial charge on any atom is 0.187 e. The first-order chi connectivity index (χ1) is 7.65. The first-order valence-electron chi connectivity index (χ1n) is 4.89. The molecule has 5 heteroatoms. The number of halogens is 1. The third-order valence-corrected chi connectivity index (χ3v) is 3.58. The molecule has 0 saturated carbocycles. The lowest BCUT2D eigenvalue weighted by atomic mass is 10.3. The van der Waals surface area contributed by atoms with Crippen LogP contribution in [0.25, 0.3) is 0 Å². The van der Waals surface area contributed by atoms with Gasteiger partial charge < -0.3 is 11.1 Å². The first kappa shape index (κ1) is 11.8. The summed E-state index contributed by atoms with van der Waals surface area (Å²) in [5, 5.41) is 6.12. The summed E-state index contributed by atoms with van der Waals surface area (Å²) in [6.45, 7) is 1.93. The minimum absolute atomic E-state index is 0.0106. The zero-order chi connectivity index (χ0) is 11.5. The van der Waals surface area contributed by atoms with Gasteiger partial charge in [-0.05, 0) is 53.8 Å². The van der Waals surface area contributed by atoms with Crippen LogP contribution in [0.15, 0.2) is 29.6 Å². The topological polar surface area (TPSA) is 50.9 Å². The second-order valence-electron chi connectivity index (χ2n) is 3.50. The summed E-state index contributed by atoms with van der Waals surface area (Å²) in [6.07, 6.45) is 0. The molecule has 0 radical (unpaired) electrons. The van der Waals surface area contributed by atoms with Crippen molar-refractivity contribution in [3.8, 4) is 0 Å². The fraction of sp³-hybridized carbons (Fsp3) is 0.182. The summed E-state index contributed by atoms with van der Waals surface area (Å²) >= 11 is 3.86. The number of rotatable bonds is 3. The Labute approximate surface area is 112 Å². The van der Waals surface area contributed by atoms with E-state index in [0.717, 1.165) is 16.5 Å². The molecule has 1 atom stereocenters. The van der Waals surface area contributed by atoms with E-state index < -0.39 is 0 Å². The van der Waals surface area contributed by atoms with Crippen molar-refractivity contribution in [2.75, 3.05) is 5.32 Å². The molecule has 2 rings (SSSR count). The second kappa shape index (κ2) is 5.11. The number of nitrogens with two attached hydrogens (primary N) is 1. The smallest absolute Gasteiger partial charge is 0.187 e. The zero-order valence-electron chi connectivity index (χ0n) is 8.77. The van der Waals surface area contributed by atoms with Crippen molar-refractivity contribution in [3.63, 3.8) is 0 Å². The molecule has 1 unspecified atom stereocenters. The van der Waals surface area contributed by atoms with Crippen molar-refractivity contribution in [1.29, 1.82) is 0 Å². The van der Waals surface area contributed by atoms with Crippen LogP contribution in [0, 0.1) is 3.57 Å². The average molecular weight is 345 g/mol. The molecule has 84 valence electrons. The van der Waals surface area contributed by atoms with Crippen molar-refractivity contribution >= 4 is 44.7 Å². The van der Waals surface area contributed by atoms with Crippen LogP contribution in [-0.4, -0.2) is 4.98 Å². The van der Waals surface area contributed by atoms with Gasteiger partial charge in [-0.2, -0.15) is 0 Å². The van der Waals surface area contributed by atoms with Gasteiger partial charge in [0.2, 0.25) is 0 Å². The van der Waals surface area contributed by atoms with Crippen molar-refractivity contribution in [2.24, 2.45) is 5.73 Å². The van der Waals surface area contributed by atoms with E-state index in [4.69, 9.17) is 5.73 Å². The molecule has 0 saturated heterocycles. The molecule has 0 spiro atoms. The Hall–Kier alpha value is -0.660. The van der Waals surface area contributed by atoms with Gasteiger partial charge in [0.25, 0.3) is 0 Å². The number of hydrogen-bond acceptors (Lipinski definition) is 4. The van der Waals surface area contributed by atoms with Crippen LogP contribution in [-0.2, 0) is 0 Å². The Morgan fingerprint density at radius 3 is 2.62 bits per heavy atom. The normalized spacial score (nSPS) is 12.4. The lowest BCUT2D eigenvalue weighted by Gasteiger charge is -2.02. The maximum atomic E-state index is 5.76. The predicted molar refractivity (Wildman–Crippen MR) is 77.2 cm³/mol. The molecule has 0 aliphatic rings. The molecule has 0 fully saturated rings. The molecule has 1 heterocycles. The predicted octanol–water partition coefficient (Wildman–Crippen LogP) is 3.51. The van der Waals surface area contributed by atoms with Crippen LogP contribution < -0.4 is 11.1 Å². The highest BCUT2D eigenvalue weighted by atomic mass is 127. The van der Waals surface area contributed by atoms with Crippen molar-refractivity contribution in [1.82, 2.24) is 4.98 Å². The lowest BCUT2D eigenvalue weighted by molar-refractivity contribution is 0.790. The van der Waals surface area contributed by atoms with Gasteiger partial charge in [0, 0.05) is 20.7 Å². The van der Waals surface area contributed by atoms with Crippen LogP contribution >= 0.6 is 33.9 Å². The molecular formula is C11H12IN3S. The zero-order valence-corrected chi connectivity index (χ0v) is 11.7. The molecule has 3 N–H and O–H groups in total. The maximum absolute atomic E-state index is 5.76. The number of thiazole rings is 1. The van der Waals surface area contributed by atoms with Crippen molar-refractivity contribution < 1.29 is 0 Å². The molecule has 0 bridgehead atoms. The lowest BCUT2D eigenvalue weighted by Crippen LogP contribution is -2.05. The fourth-order valence-corrected chi connectivity index (χ4v) is 2.40. The Bertz CT molecular complexity index is 464. The van der Waals surface area contributed by atoms with Gasteiger partial charge >= 0.3 is 0 Å². The molecule has 0 amide bonds. The number of nitrogens with zero attached hydrogens (tertiary/aromatic N) is 1. The van der Waals surface area contributed by atoms with Gasteiger partial charge in [0.15, 0.2) is 5.13 Å². The number of benzene rings is 1. The SMILES string of the molecule is CC(N)c1csc(Nc2ccc(I)cc2)n1. The minimum Gasteiger partial charge on any atom is -0.332 e. The standard InChI is InChI=1S/C11H12IN3S/c1-7(13)10-6-16-11(15-10)14-9-4-2-8(12)3-5-9/h2-7H,13H2,1H3,(H,14,15). The Kier molecular flexibility index (Phi) is 3.78. The van der Waals surface area contributed by atoms with E-state index >= 15 is 0 Å². The summed E-state index contributed by atoms with van der Waals surface area (Å²) in [4.78, 5) is 4.41. The molecule has 0 aliphatic heterocycles. The van der Waals surface area contributed by atoms with Gasteiger partial charge in [-0.1, -0.05) is 0 Å². The molecule has 1 aromatic carbocycles. The monoisotopic (exact) mass is 345 g/mol. The fourth-order valence-electron chi connectivity index (χ4n) is 1.21. The highest BCUT2D eigenvalue weighted by Crippen LogP contribution is 2.23. The van der Waals surface area contributed by atoms with Crippen LogP contribution in [0.4, 0.5) is 10.8 Å². The van der Waals surface area contributed by atoms with Gasteiger partial charge in [-0.3, -0.25) is 0 Å². The highest BCUT2D eigenvalue weighted by Gasteiger charge is 2.05. The van der Waals surface area contributed by atoms with E-state index in [1.165, 1.54) is 3.57 Å². The van der Waals surface area contributed by atoms with E-state index in [2.05, 4.69) is 45.0 Å². The summed E-state index contributed by atoms with van der Waals surface area (Å²) in [7, 11) is 0. The van der Waals surface area contributed by atoms with E-state index in [0.29, 0.717) is 0 Å². The quantitative estimate of drug-likeness (QED) is 0.837. The number of aromatic nitrogens is 1. The Morgan fingerprint density at radius 1 is 1.38 bits per heavy atom. The van der Waals surface area contributed by atoms with Gasteiger partial charge in [0.1, 0.15) is 0 Å². The largest absolute Gasteiger partial charge is 0.332 e. The Balaban J connectivity index is 2.11. The second-order valence-corrected chi connectivity index (χ2v) is 5.60. The van der Waals surface area contributed by atoms with Gasteiger partial charge in [-0.25, -0.2) is 4.98 Å². The summed E-state index contributed by atoms with van der Waals surface area (Å²) in [5.41, 5.74) is 7.73. The van der Waals surface area contributed by atoms with Gasteiger partial charge in [-0.15, -0.1) is 11.3 Å². The summed E-state index contributed by atoms with van der Waals surface area (Å²) in [6, 6.07) is 8.18. The molecule has 0 aliphatic carbocycles. The van der Waals surface area contributed by atoms with Crippen molar-refractivity contribution in [2.45, 2.75) is 13.0 Å². The molecule has 1 aromatic heterocycles. The van der Waals surface area contributed by atoms with Crippen LogP contribution in [0.2, 0.25) is 0 Å². The minimum atomic E-state index is -0.0106. The first-order valence-corrected chi connectivity index (χ1v) is 6.84. The van der Waals surface area contributed by atoms with E-state index in [1.54, 1.807) is 11.3 Å².